The van der Waals surface area contributed by atoms with E-state index in [0.29, 0.717) is 17.0 Å². The molecule has 0 aliphatic heterocycles. The summed E-state index contributed by atoms with van der Waals surface area (Å²) < 4.78 is 31.6. The van der Waals surface area contributed by atoms with Gasteiger partial charge in [-0.05, 0) is 41.6 Å². The highest BCUT2D eigenvalue weighted by molar-refractivity contribution is 7.91. The minimum Gasteiger partial charge on any atom is -0.496 e. The van der Waals surface area contributed by atoms with Crippen molar-refractivity contribution in [2.24, 2.45) is 0 Å². The summed E-state index contributed by atoms with van der Waals surface area (Å²) in [5.74, 6) is -0.993. The van der Waals surface area contributed by atoms with Gasteiger partial charge in [-0.1, -0.05) is 42.5 Å². The third-order valence-corrected chi connectivity index (χ3v) is 8.07. The van der Waals surface area contributed by atoms with Crippen molar-refractivity contribution in [1.82, 2.24) is 10.6 Å². The number of benzene rings is 2. The molecule has 0 aliphatic rings. The smallest absolute Gasteiger partial charge is 0.309 e. The molecule has 0 unspecified atom stereocenters. The van der Waals surface area contributed by atoms with Crippen molar-refractivity contribution in [1.29, 1.82) is 0 Å². The number of para-hydroxylation sites is 1. The molecule has 0 aliphatic carbocycles. The van der Waals surface area contributed by atoms with Gasteiger partial charge in [0.15, 0.2) is 9.84 Å². The molecule has 0 radical (unpaired) electrons. The molecule has 2 amide bonds. The average molecular weight is 473 g/mol. The maximum Gasteiger partial charge on any atom is 0.309 e. The van der Waals surface area contributed by atoms with Crippen LogP contribution in [0, 0.1) is 0 Å². The lowest BCUT2D eigenvalue weighted by molar-refractivity contribution is -0.139. The highest BCUT2D eigenvalue weighted by Crippen LogP contribution is 2.31. The topological polar surface area (TPSA) is 102 Å². The van der Waals surface area contributed by atoms with Crippen LogP contribution in [-0.4, -0.2) is 40.4 Å². The number of carbonyl (C=O) groups excluding carboxylic acids is 2. The van der Waals surface area contributed by atoms with Crippen LogP contribution in [0.25, 0.3) is 0 Å². The van der Waals surface area contributed by atoms with Gasteiger partial charge in [0.2, 0.25) is 0 Å². The summed E-state index contributed by atoms with van der Waals surface area (Å²) in [6.07, 6.45) is 0.489. The number of amides is 2. The maximum atomic E-state index is 13.1. The van der Waals surface area contributed by atoms with Crippen LogP contribution in [0.3, 0.4) is 0 Å². The molecule has 3 aromatic rings. The first-order valence-electron chi connectivity index (χ1n) is 9.93. The number of carbonyl (C=O) groups is 2. The second-order valence-electron chi connectivity index (χ2n) is 6.89. The molecule has 9 heteroatoms. The third-order valence-electron chi connectivity index (χ3n) is 4.83. The van der Waals surface area contributed by atoms with Crippen LogP contribution in [0.2, 0.25) is 0 Å². The van der Waals surface area contributed by atoms with Crippen molar-refractivity contribution < 1.29 is 22.7 Å². The summed E-state index contributed by atoms with van der Waals surface area (Å²) in [7, 11) is -2.19. The largest absolute Gasteiger partial charge is 0.496 e. The quantitative estimate of drug-likeness (QED) is 0.467. The minimum absolute atomic E-state index is 0.161. The Morgan fingerprint density at radius 2 is 1.62 bits per heavy atom. The van der Waals surface area contributed by atoms with Crippen molar-refractivity contribution in [3.63, 3.8) is 0 Å². The van der Waals surface area contributed by atoms with E-state index in [1.807, 2.05) is 24.3 Å². The third kappa shape index (κ3) is 5.74. The van der Waals surface area contributed by atoms with Crippen LogP contribution in [0.4, 0.5) is 0 Å². The zero-order valence-electron chi connectivity index (χ0n) is 17.5. The highest BCUT2D eigenvalue weighted by atomic mass is 32.2. The maximum absolute atomic E-state index is 13.1. The van der Waals surface area contributed by atoms with Gasteiger partial charge in [-0.2, -0.15) is 0 Å². The molecule has 3 rings (SSSR count). The van der Waals surface area contributed by atoms with E-state index in [9.17, 15) is 18.0 Å². The summed E-state index contributed by atoms with van der Waals surface area (Å²) in [6.45, 7) is 0.0276. The molecule has 2 N–H and O–H groups in total. The molecule has 0 fully saturated rings. The first kappa shape index (κ1) is 23.5. The number of hydrogen-bond acceptors (Lipinski definition) is 6. The molecule has 7 nitrogen and oxygen atoms in total. The van der Waals surface area contributed by atoms with Crippen LogP contribution in [-0.2, 0) is 25.8 Å². The van der Waals surface area contributed by atoms with Crippen LogP contribution in [0.15, 0.2) is 77.0 Å². The van der Waals surface area contributed by atoms with E-state index in [4.69, 9.17) is 4.74 Å². The van der Waals surface area contributed by atoms with E-state index in [2.05, 4.69) is 10.6 Å². The predicted molar refractivity (Wildman–Crippen MR) is 123 cm³/mol. The van der Waals surface area contributed by atoms with Gasteiger partial charge in [0, 0.05) is 18.0 Å². The number of ether oxygens (including phenoxy) is 1. The Kier molecular flexibility index (Phi) is 8.02. The zero-order valence-corrected chi connectivity index (χ0v) is 19.1. The Morgan fingerprint density at radius 3 is 2.31 bits per heavy atom. The van der Waals surface area contributed by atoms with E-state index < -0.39 is 26.9 Å². The van der Waals surface area contributed by atoms with Gasteiger partial charge in [-0.15, -0.1) is 11.3 Å². The Labute approximate surface area is 191 Å². The lowest BCUT2D eigenvalue weighted by Crippen LogP contribution is -2.42. The van der Waals surface area contributed by atoms with Crippen LogP contribution < -0.4 is 15.4 Å². The average Bonchev–Trinajstić information content (AvgIpc) is 3.34. The van der Waals surface area contributed by atoms with Crippen molar-refractivity contribution in [2.75, 3.05) is 20.2 Å². The molecular formula is C23H24N2O5S2. The number of hydrogen-bond donors (Lipinski definition) is 2. The van der Waals surface area contributed by atoms with Gasteiger partial charge >= 0.3 is 11.8 Å². The van der Waals surface area contributed by atoms with E-state index in [1.54, 1.807) is 42.8 Å². The lowest BCUT2D eigenvalue weighted by atomic mass is 10.1. The summed E-state index contributed by atoms with van der Waals surface area (Å²) in [5.41, 5.74) is 0.905. The summed E-state index contributed by atoms with van der Waals surface area (Å²) in [4.78, 5) is 25.3. The standard InChI is InChI=1S/C23H24N2O5S2/c1-30-19-11-6-5-8-17(19)13-14-24-22(26)23(27)25-16-21(20-12-7-15-31-20)32(28,29)18-9-3-2-4-10-18/h2-12,15,21H,13-14,16H2,1H3,(H,24,26)(H,25,27)/t21-/m0/s1. The van der Waals surface area contributed by atoms with Crippen molar-refractivity contribution >= 4 is 33.0 Å². The molecule has 168 valence electrons. The second-order valence-corrected chi connectivity index (χ2v) is 10.00. The van der Waals surface area contributed by atoms with E-state index in [1.165, 1.54) is 23.5 Å². The fourth-order valence-corrected chi connectivity index (χ4v) is 5.98. The lowest BCUT2D eigenvalue weighted by Gasteiger charge is -2.17. The Hall–Kier alpha value is -3.17. The van der Waals surface area contributed by atoms with E-state index >= 15 is 0 Å². The highest BCUT2D eigenvalue weighted by Gasteiger charge is 2.31. The molecule has 1 atom stereocenters. The van der Waals surface area contributed by atoms with Gasteiger partial charge in [-0.25, -0.2) is 8.42 Å². The number of thiophene rings is 1. The number of sulfone groups is 1. The summed E-state index contributed by atoms with van der Waals surface area (Å²) in [5, 5.41) is 5.81. The summed E-state index contributed by atoms with van der Waals surface area (Å²) in [6, 6.07) is 18.9. The molecule has 0 bridgehead atoms. The minimum atomic E-state index is -3.76. The van der Waals surface area contributed by atoms with E-state index in [-0.39, 0.29) is 18.0 Å². The van der Waals surface area contributed by atoms with Crippen molar-refractivity contribution in [2.45, 2.75) is 16.6 Å². The van der Waals surface area contributed by atoms with Crippen LogP contribution in [0.5, 0.6) is 5.75 Å². The zero-order chi connectivity index (χ0) is 23.0. The van der Waals surface area contributed by atoms with Gasteiger partial charge < -0.3 is 15.4 Å². The Morgan fingerprint density at radius 1 is 0.938 bits per heavy atom. The molecule has 0 spiro atoms. The first-order valence-corrected chi connectivity index (χ1v) is 12.4. The van der Waals surface area contributed by atoms with E-state index in [0.717, 1.165) is 5.56 Å². The fourth-order valence-electron chi connectivity index (χ4n) is 3.18. The molecule has 0 saturated carbocycles. The number of methoxy groups -OCH3 is 1. The Bertz CT molecular complexity index is 1150. The SMILES string of the molecule is COc1ccccc1CCNC(=O)C(=O)NC[C@@H](c1cccs1)S(=O)(=O)c1ccccc1. The molecular weight excluding hydrogens is 448 g/mol. The molecule has 32 heavy (non-hydrogen) atoms. The van der Waals surface area contributed by atoms with Gasteiger partial charge in [0.1, 0.15) is 11.0 Å². The van der Waals surface area contributed by atoms with Gasteiger partial charge in [0.25, 0.3) is 0 Å². The molecule has 0 saturated heterocycles. The van der Waals surface area contributed by atoms with Crippen LogP contribution >= 0.6 is 11.3 Å². The Balaban J connectivity index is 1.61. The molecule has 1 heterocycles. The first-order chi connectivity index (χ1) is 15.4. The van der Waals surface area contributed by atoms with Crippen LogP contribution in [0.1, 0.15) is 15.7 Å². The van der Waals surface area contributed by atoms with Gasteiger partial charge in [-0.3, -0.25) is 9.59 Å². The number of nitrogens with one attached hydrogen (secondary N) is 2. The normalized spacial score (nSPS) is 12.0. The summed E-state index contributed by atoms with van der Waals surface area (Å²) >= 11 is 1.28. The van der Waals surface area contributed by atoms with Gasteiger partial charge in [0.05, 0.1) is 12.0 Å². The second kappa shape index (κ2) is 10.9. The monoisotopic (exact) mass is 472 g/mol. The van der Waals surface area contributed by atoms with Crippen molar-refractivity contribution in [3.8, 4) is 5.75 Å². The molecule has 2 aromatic carbocycles. The predicted octanol–water partition coefficient (Wildman–Crippen LogP) is 2.75. The molecule has 1 aromatic heterocycles. The number of rotatable bonds is 9. The van der Waals surface area contributed by atoms with Crippen molar-refractivity contribution in [3.05, 3.63) is 82.6 Å². The fraction of sp³-hybridized carbons (Fsp3) is 0.217.